The standard InChI is InChI=1S/C22H21N3O2/c26-22-25(20-7-1-2-8-21(20)27-22)18-6-4-12-24(15-18)14-16-9-10-19-17(13-16)5-3-11-23-19/h1-3,5,7-11,13,18H,4,6,12,14-15H2/t18-/m1/s1. The summed E-state index contributed by atoms with van der Waals surface area (Å²) in [6.45, 7) is 2.78. The van der Waals surface area contributed by atoms with Gasteiger partial charge in [0, 0.05) is 24.7 Å². The van der Waals surface area contributed by atoms with E-state index >= 15 is 0 Å². The van der Waals surface area contributed by atoms with Crippen molar-refractivity contribution < 1.29 is 4.42 Å². The van der Waals surface area contributed by atoms with Gasteiger partial charge in [-0.25, -0.2) is 4.79 Å². The lowest BCUT2D eigenvalue weighted by Crippen LogP contribution is -2.38. The van der Waals surface area contributed by atoms with Gasteiger partial charge in [-0.15, -0.1) is 0 Å². The Morgan fingerprint density at radius 3 is 3.00 bits per heavy atom. The van der Waals surface area contributed by atoms with E-state index in [2.05, 4.69) is 34.1 Å². The highest BCUT2D eigenvalue weighted by atomic mass is 16.4. The number of fused-ring (bicyclic) bond motifs is 2. The number of hydrogen-bond acceptors (Lipinski definition) is 4. The molecular formula is C22H21N3O2. The Labute approximate surface area is 156 Å². The maximum absolute atomic E-state index is 12.4. The number of hydrogen-bond donors (Lipinski definition) is 0. The Hall–Kier alpha value is -2.92. The second-order valence-electron chi connectivity index (χ2n) is 7.27. The van der Waals surface area contributed by atoms with Crippen LogP contribution in [-0.2, 0) is 6.54 Å². The largest absolute Gasteiger partial charge is 0.420 e. The van der Waals surface area contributed by atoms with Crippen LogP contribution in [0.4, 0.5) is 0 Å². The van der Waals surface area contributed by atoms with Crippen LogP contribution < -0.4 is 5.76 Å². The lowest BCUT2D eigenvalue weighted by molar-refractivity contribution is 0.168. The molecular weight excluding hydrogens is 338 g/mol. The normalized spacial score (nSPS) is 18.3. The average molecular weight is 359 g/mol. The smallest absolute Gasteiger partial charge is 0.408 e. The molecule has 0 N–H and O–H groups in total. The molecule has 1 aliphatic heterocycles. The maximum atomic E-state index is 12.4. The highest BCUT2D eigenvalue weighted by Crippen LogP contribution is 2.26. The zero-order valence-corrected chi connectivity index (χ0v) is 15.0. The van der Waals surface area contributed by atoms with Gasteiger partial charge in [-0.2, -0.15) is 0 Å². The lowest BCUT2D eigenvalue weighted by atomic mass is 10.0. The minimum Gasteiger partial charge on any atom is -0.408 e. The van der Waals surface area contributed by atoms with Gasteiger partial charge in [0.25, 0.3) is 0 Å². The molecule has 2 aromatic heterocycles. The third-order valence-corrected chi connectivity index (χ3v) is 5.44. The third kappa shape index (κ3) is 3.04. The minimum atomic E-state index is -0.250. The van der Waals surface area contributed by atoms with E-state index in [-0.39, 0.29) is 11.8 Å². The molecule has 1 saturated heterocycles. The molecule has 0 unspecified atom stereocenters. The summed E-state index contributed by atoms with van der Waals surface area (Å²) < 4.78 is 7.28. The first-order valence-corrected chi connectivity index (χ1v) is 9.44. The van der Waals surface area contributed by atoms with Gasteiger partial charge in [0.2, 0.25) is 0 Å². The topological polar surface area (TPSA) is 51.3 Å². The Morgan fingerprint density at radius 1 is 1.11 bits per heavy atom. The van der Waals surface area contributed by atoms with E-state index in [1.165, 1.54) is 10.9 Å². The number of likely N-dealkylation sites (tertiary alicyclic amines) is 1. The van der Waals surface area contributed by atoms with Crippen molar-refractivity contribution in [3.63, 3.8) is 0 Å². The number of para-hydroxylation sites is 2. The van der Waals surface area contributed by atoms with Crippen LogP contribution in [0.5, 0.6) is 0 Å². The molecule has 0 spiro atoms. The van der Waals surface area contributed by atoms with Crippen LogP contribution in [0.25, 0.3) is 22.0 Å². The number of aromatic nitrogens is 2. The molecule has 4 aromatic rings. The van der Waals surface area contributed by atoms with Gasteiger partial charge in [-0.1, -0.05) is 24.3 Å². The summed E-state index contributed by atoms with van der Waals surface area (Å²) in [6.07, 6.45) is 3.90. The lowest BCUT2D eigenvalue weighted by Gasteiger charge is -2.33. The van der Waals surface area contributed by atoms with Crippen molar-refractivity contribution in [1.82, 2.24) is 14.5 Å². The number of oxazole rings is 1. The quantitative estimate of drug-likeness (QED) is 0.555. The highest BCUT2D eigenvalue weighted by molar-refractivity contribution is 5.78. The molecule has 5 heteroatoms. The summed E-state index contributed by atoms with van der Waals surface area (Å²) in [6, 6.07) is 18.4. The second-order valence-corrected chi connectivity index (χ2v) is 7.27. The number of piperidine rings is 1. The number of nitrogens with zero attached hydrogens (tertiary/aromatic N) is 3. The molecule has 5 nitrogen and oxygen atoms in total. The fraction of sp³-hybridized carbons (Fsp3) is 0.273. The molecule has 0 bridgehead atoms. The first kappa shape index (κ1) is 16.3. The van der Waals surface area contributed by atoms with Crippen molar-refractivity contribution in [3.8, 4) is 0 Å². The number of benzene rings is 2. The van der Waals surface area contributed by atoms with Gasteiger partial charge in [0.1, 0.15) is 0 Å². The molecule has 27 heavy (non-hydrogen) atoms. The summed E-state index contributed by atoms with van der Waals surface area (Å²) >= 11 is 0. The number of pyridine rings is 1. The van der Waals surface area contributed by atoms with Crippen LogP contribution >= 0.6 is 0 Å². The molecule has 2 aromatic carbocycles. The molecule has 1 aliphatic rings. The van der Waals surface area contributed by atoms with Crippen molar-refractivity contribution in [2.75, 3.05) is 13.1 Å². The molecule has 0 saturated carbocycles. The van der Waals surface area contributed by atoms with Crippen molar-refractivity contribution >= 4 is 22.0 Å². The van der Waals surface area contributed by atoms with E-state index in [0.29, 0.717) is 5.58 Å². The molecule has 3 heterocycles. The molecule has 0 radical (unpaired) electrons. The molecule has 0 amide bonds. The Bertz CT molecular complexity index is 1160. The van der Waals surface area contributed by atoms with E-state index in [4.69, 9.17) is 4.42 Å². The average Bonchev–Trinajstić information content (AvgIpc) is 3.04. The van der Waals surface area contributed by atoms with Crippen molar-refractivity contribution in [2.24, 2.45) is 0 Å². The van der Waals surface area contributed by atoms with Gasteiger partial charge in [0.05, 0.1) is 17.1 Å². The van der Waals surface area contributed by atoms with Gasteiger partial charge >= 0.3 is 5.76 Å². The molecule has 136 valence electrons. The maximum Gasteiger partial charge on any atom is 0.420 e. The predicted molar refractivity (Wildman–Crippen MR) is 106 cm³/mol. The summed E-state index contributed by atoms with van der Waals surface area (Å²) in [5.74, 6) is -0.250. The summed E-state index contributed by atoms with van der Waals surface area (Å²) in [4.78, 5) is 19.2. The zero-order chi connectivity index (χ0) is 18.2. The Morgan fingerprint density at radius 2 is 2.04 bits per heavy atom. The van der Waals surface area contributed by atoms with Crippen LogP contribution in [-0.4, -0.2) is 27.5 Å². The van der Waals surface area contributed by atoms with Crippen molar-refractivity contribution in [1.29, 1.82) is 0 Å². The van der Waals surface area contributed by atoms with Gasteiger partial charge < -0.3 is 4.42 Å². The van der Waals surface area contributed by atoms with Crippen LogP contribution in [0.1, 0.15) is 24.4 Å². The first-order valence-electron chi connectivity index (χ1n) is 9.44. The fourth-order valence-electron chi connectivity index (χ4n) is 4.20. The van der Waals surface area contributed by atoms with Crippen molar-refractivity contribution in [2.45, 2.75) is 25.4 Å². The second kappa shape index (κ2) is 6.67. The third-order valence-electron chi connectivity index (χ3n) is 5.44. The van der Waals surface area contributed by atoms with Crippen LogP contribution in [0.3, 0.4) is 0 Å². The van der Waals surface area contributed by atoms with E-state index in [0.717, 1.165) is 43.5 Å². The summed E-state index contributed by atoms with van der Waals surface area (Å²) in [5.41, 5.74) is 3.86. The zero-order valence-electron chi connectivity index (χ0n) is 15.0. The Kier molecular flexibility index (Phi) is 4.02. The van der Waals surface area contributed by atoms with E-state index < -0.39 is 0 Å². The van der Waals surface area contributed by atoms with E-state index in [1.807, 2.05) is 41.1 Å². The first-order chi connectivity index (χ1) is 13.3. The number of rotatable bonds is 3. The molecule has 1 fully saturated rings. The van der Waals surface area contributed by atoms with Crippen LogP contribution in [0.15, 0.2) is 70.0 Å². The van der Waals surface area contributed by atoms with E-state index in [9.17, 15) is 4.79 Å². The fourth-order valence-corrected chi connectivity index (χ4v) is 4.20. The highest BCUT2D eigenvalue weighted by Gasteiger charge is 2.25. The Balaban J connectivity index is 1.40. The predicted octanol–water partition coefficient (Wildman–Crippen LogP) is 3.98. The van der Waals surface area contributed by atoms with Crippen LogP contribution in [0, 0.1) is 0 Å². The van der Waals surface area contributed by atoms with Crippen molar-refractivity contribution in [3.05, 3.63) is 76.9 Å². The molecule has 1 atom stereocenters. The summed E-state index contributed by atoms with van der Waals surface area (Å²) in [5, 5.41) is 1.17. The minimum absolute atomic E-state index is 0.150. The monoisotopic (exact) mass is 359 g/mol. The van der Waals surface area contributed by atoms with Gasteiger partial charge in [-0.3, -0.25) is 14.5 Å². The van der Waals surface area contributed by atoms with Gasteiger partial charge in [-0.05, 0) is 55.3 Å². The molecule has 0 aliphatic carbocycles. The molecule has 5 rings (SSSR count). The summed E-state index contributed by atoms with van der Waals surface area (Å²) in [7, 11) is 0. The SMILES string of the molecule is O=c1oc2ccccc2n1[C@@H]1CCCN(Cc2ccc3ncccc3c2)C1. The van der Waals surface area contributed by atoms with Gasteiger partial charge in [0.15, 0.2) is 5.58 Å². The van der Waals surface area contributed by atoms with E-state index in [1.54, 1.807) is 0 Å². The van der Waals surface area contributed by atoms with Crippen LogP contribution in [0.2, 0.25) is 0 Å².